The van der Waals surface area contributed by atoms with E-state index in [1.165, 1.54) is 18.2 Å². The molecular formula is C14H9F3N2O4. The number of halogens is 3. The van der Waals surface area contributed by atoms with E-state index in [-0.39, 0.29) is 11.6 Å². The van der Waals surface area contributed by atoms with Crippen LogP contribution in [-0.4, -0.2) is 17.2 Å². The van der Waals surface area contributed by atoms with Crippen molar-refractivity contribution in [3.8, 4) is 12.0 Å². The van der Waals surface area contributed by atoms with E-state index in [4.69, 9.17) is 0 Å². The van der Waals surface area contributed by atoms with Crippen molar-refractivity contribution in [2.24, 2.45) is 5.92 Å². The summed E-state index contributed by atoms with van der Waals surface area (Å²) in [5.41, 5.74) is -5.01. The van der Waals surface area contributed by atoms with Gasteiger partial charge in [-0.05, 0) is 25.0 Å². The number of benzene rings is 1. The third kappa shape index (κ3) is 2.27. The second-order valence-electron chi connectivity index (χ2n) is 5.15. The molecule has 2 aliphatic rings. The number of nitrogens with zero attached hydrogens (tertiary/aromatic N) is 2. The average Bonchev–Trinajstić information content (AvgIpc) is 3.28. The van der Waals surface area contributed by atoms with E-state index < -0.39 is 28.5 Å². The molecule has 1 fully saturated rings. The highest BCUT2D eigenvalue weighted by atomic mass is 19.4. The number of anilines is 1. The lowest BCUT2D eigenvalue weighted by Crippen LogP contribution is -2.57. The van der Waals surface area contributed by atoms with Crippen LogP contribution < -0.4 is 4.90 Å². The van der Waals surface area contributed by atoms with E-state index >= 15 is 0 Å². The summed E-state index contributed by atoms with van der Waals surface area (Å²) in [4.78, 5) is 22.2. The molecule has 120 valence electrons. The van der Waals surface area contributed by atoms with Crippen molar-refractivity contribution < 1.29 is 27.6 Å². The monoisotopic (exact) mass is 326 g/mol. The number of rotatable bonds is 1. The maximum Gasteiger partial charge on any atom is 0.508 e. The van der Waals surface area contributed by atoms with Crippen LogP contribution in [0.5, 0.6) is 0 Å². The zero-order chi connectivity index (χ0) is 16.8. The van der Waals surface area contributed by atoms with Crippen molar-refractivity contribution in [1.29, 1.82) is 0 Å². The van der Waals surface area contributed by atoms with E-state index in [1.807, 2.05) is 0 Å². The molecule has 0 spiro atoms. The Hall–Kier alpha value is -2.76. The number of carbonyl (C=O) groups excluding carboxylic acids is 1. The van der Waals surface area contributed by atoms with Gasteiger partial charge >= 0.3 is 18.0 Å². The van der Waals surface area contributed by atoms with E-state index in [2.05, 4.69) is 16.7 Å². The Morgan fingerprint density at radius 2 is 2.00 bits per heavy atom. The first-order valence-corrected chi connectivity index (χ1v) is 6.62. The summed E-state index contributed by atoms with van der Waals surface area (Å²) >= 11 is 0. The molecule has 0 aromatic heterocycles. The Bertz CT molecular complexity index is 748. The van der Waals surface area contributed by atoms with Gasteiger partial charge in [0.05, 0.1) is 10.6 Å². The number of cyclic esters (lactones) is 1. The largest absolute Gasteiger partial charge is 0.508 e. The molecule has 1 aliphatic heterocycles. The Balaban J connectivity index is 2.19. The summed E-state index contributed by atoms with van der Waals surface area (Å²) in [5.74, 6) is 2.80. The number of carbonyl (C=O) groups is 1. The molecule has 3 rings (SSSR count). The second kappa shape index (κ2) is 4.87. The standard InChI is InChI=1S/C14H9F3N2O4/c15-14(16,17)13(19(21)22)10-3-1-2-4-11(10)18(12(20)23-13)8-7-9-5-6-9/h1-4,9H,5-6H2. The Labute approximate surface area is 128 Å². The lowest BCUT2D eigenvalue weighted by atomic mass is 9.98. The summed E-state index contributed by atoms with van der Waals surface area (Å²) < 4.78 is 44.4. The van der Waals surface area contributed by atoms with Crippen molar-refractivity contribution in [3.05, 3.63) is 39.9 Å². The summed E-state index contributed by atoms with van der Waals surface area (Å²) in [6, 6.07) is 7.08. The van der Waals surface area contributed by atoms with Crippen LogP contribution in [0.4, 0.5) is 23.7 Å². The molecule has 1 aliphatic carbocycles. The Kier molecular flexibility index (Phi) is 3.21. The van der Waals surface area contributed by atoms with Crippen LogP contribution in [0.15, 0.2) is 24.3 Å². The van der Waals surface area contributed by atoms with Crippen LogP contribution in [-0.2, 0) is 10.5 Å². The quantitative estimate of drug-likeness (QED) is 0.452. The van der Waals surface area contributed by atoms with E-state index in [0.717, 1.165) is 18.9 Å². The van der Waals surface area contributed by atoms with Gasteiger partial charge in [0.2, 0.25) is 0 Å². The SMILES string of the molecule is O=C1OC([N+](=O)[O-])(C(F)(F)F)c2ccccc2N1C#CC1CC1. The molecule has 0 saturated heterocycles. The topological polar surface area (TPSA) is 72.7 Å². The summed E-state index contributed by atoms with van der Waals surface area (Å²) in [5, 5.41) is 11.2. The molecule has 1 aromatic rings. The third-order valence-electron chi connectivity index (χ3n) is 3.53. The molecule has 23 heavy (non-hydrogen) atoms. The minimum absolute atomic E-state index is 0.0831. The smallest absolute Gasteiger partial charge is 0.367 e. The van der Waals surface area contributed by atoms with Gasteiger partial charge in [-0.3, -0.25) is 10.1 Å². The van der Waals surface area contributed by atoms with Crippen LogP contribution in [0.3, 0.4) is 0 Å². The van der Waals surface area contributed by atoms with Gasteiger partial charge in [-0.25, -0.2) is 9.69 Å². The first kappa shape index (κ1) is 15.1. The number of amides is 1. The molecule has 6 nitrogen and oxygen atoms in total. The lowest BCUT2D eigenvalue weighted by Gasteiger charge is -2.34. The molecule has 1 atom stereocenters. The zero-order valence-corrected chi connectivity index (χ0v) is 11.5. The normalized spacial score (nSPS) is 23.4. The van der Waals surface area contributed by atoms with Crippen LogP contribution in [0.2, 0.25) is 0 Å². The summed E-state index contributed by atoms with van der Waals surface area (Å²) in [6.45, 7) is 0. The van der Waals surface area contributed by atoms with Crippen molar-refractivity contribution in [3.63, 3.8) is 0 Å². The van der Waals surface area contributed by atoms with Crippen LogP contribution >= 0.6 is 0 Å². The predicted octanol–water partition coefficient (Wildman–Crippen LogP) is 3.01. The molecule has 1 amide bonds. The van der Waals surface area contributed by atoms with Crippen LogP contribution in [0, 0.1) is 28.0 Å². The first-order valence-electron chi connectivity index (χ1n) is 6.62. The van der Waals surface area contributed by atoms with Gasteiger partial charge in [0.15, 0.2) is 0 Å². The molecule has 0 radical (unpaired) electrons. The van der Waals surface area contributed by atoms with E-state index in [1.54, 1.807) is 0 Å². The van der Waals surface area contributed by atoms with Gasteiger partial charge in [-0.2, -0.15) is 13.2 Å². The third-order valence-corrected chi connectivity index (χ3v) is 3.53. The van der Waals surface area contributed by atoms with Gasteiger partial charge < -0.3 is 4.74 Å². The van der Waals surface area contributed by atoms with Crippen LogP contribution in [0.25, 0.3) is 0 Å². The number of para-hydroxylation sites is 1. The Morgan fingerprint density at radius 3 is 2.57 bits per heavy atom. The number of ether oxygens (including phenoxy) is 1. The molecule has 1 unspecified atom stereocenters. The van der Waals surface area contributed by atoms with E-state index in [0.29, 0.717) is 4.90 Å². The maximum absolute atomic E-state index is 13.4. The lowest BCUT2D eigenvalue weighted by molar-refractivity contribution is -0.675. The van der Waals surface area contributed by atoms with Crippen molar-refractivity contribution in [1.82, 2.24) is 0 Å². The van der Waals surface area contributed by atoms with Gasteiger partial charge in [-0.15, -0.1) is 0 Å². The number of fused-ring (bicyclic) bond motifs is 1. The molecule has 0 N–H and O–H groups in total. The highest BCUT2D eigenvalue weighted by Gasteiger charge is 2.74. The minimum Gasteiger partial charge on any atom is -0.367 e. The van der Waals surface area contributed by atoms with Gasteiger partial charge in [0, 0.05) is 12.0 Å². The fraction of sp³-hybridized carbons (Fsp3) is 0.357. The maximum atomic E-state index is 13.4. The second-order valence-corrected chi connectivity index (χ2v) is 5.15. The van der Waals surface area contributed by atoms with Crippen molar-refractivity contribution in [2.75, 3.05) is 4.90 Å². The summed E-state index contributed by atoms with van der Waals surface area (Å²) in [7, 11) is 0. The van der Waals surface area contributed by atoms with Crippen LogP contribution in [0.1, 0.15) is 18.4 Å². The Morgan fingerprint density at radius 1 is 1.35 bits per heavy atom. The fourth-order valence-electron chi connectivity index (χ4n) is 2.22. The molecule has 0 bridgehead atoms. The number of nitro groups is 1. The molecule has 9 heteroatoms. The average molecular weight is 326 g/mol. The van der Waals surface area contributed by atoms with Crippen molar-refractivity contribution in [2.45, 2.75) is 24.7 Å². The molecular weight excluding hydrogens is 317 g/mol. The molecule has 1 saturated carbocycles. The van der Waals surface area contributed by atoms with Crippen molar-refractivity contribution >= 4 is 11.8 Å². The fourth-order valence-corrected chi connectivity index (χ4v) is 2.22. The number of alkyl halides is 3. The number of hydrogen-bond acceptors (Lipinski definition) is 4. The minimum atomic E-state index is -5.42. The zero-order valence-electron chi connectivity index (χ0n) is 11.5. The molecule has 1 heterocycles. The highest BCUT2D eigenvalue weighted by Crippen LogP contribution is 2.49. The molecule has 1 aromatic carbocycles. The highest BCUT2D eigenvalue weighted by molar-refractivity contribution is 5.94. The number of hydrogen-bond donors (Lipinski definition) is 0. The summed E-state index contributed by atoms with van der Waals surface area (Å²) in [6.07, 6.45) is -5.25. The predicted molar refractivity (Wildman–Crippen MR) is 70.6 cm³/mol. The first-order chi connectivity index (χ1) is 10.8. The van der Waals surface area contributed by atoms with Gasteiger partial charge in [-0.1, -0.05) is 18.1 Å². The van der Waals surface area contributed by atoms with Gasteiger partial charge in [0.1, 0.15) is 5.56 Å². The van der Waals surface area contributed by atoms with Gasteiger partial charge in [0.25, 0.3) is 0 Å². The van der Waals surface area contributed by atoms with E-state index in [9.17, 15) is 28.1 Å².